The summed E-state index contributed by atoms with van der Waals surface area (Å²) in [5.74, 6) is -0.0949. The van der Waals surface area contributed by atoms with Crippen molar-refractivity contribution in [1.82, 2.24) is 9.80 Å². The van der Waals surface area contributed by atoms with Crippen LogP contribution in [0.4, 0.5) is 0 Å². The van der Waals surface area contributed by atoms with Gasteiger partial charge in [0.2, 0.25) is 0 Å². The lowest BCUT2D eigenvalue weighted by atomic mass is 10.2. The molecule has 1 aromatic carbocycles. The van der Waals surface area contributed by atoms with Gasteiger partial charge in [0.1, 0.15) is 4.32 Å². The molecule has 4 nitrogen and oxygen atoms in total. The average molecular weight is 389 g/mol. The molecule has 2 fully saturated rings. The van der Waals surface area contributed by atoms with E-state index in [0.29, 0.717) is 44.7 Å². The lowest BCUT2D eigenvalue weighted by molar-refractivity contribution is -0.124. The Hall–Kier alpha value is -0.630. The van der Waals surface area contributed by atoms with Crippen LogP contribution in [-0.2, 0) is 9.53 Å². The van der Waals surface area contributed by atoms with Gasteiger partial charge in [-0.3, -0.25) is 14.6 Å². The van der Waals surface area contributed by atoms with Crippen molar-refractivity contribution >= 4 is 63.5 Å². The highest BCUT2D eigenvalue weighted by molar-refractivity contribution is 8.26. The fourth-order valence-electron chi connectivity index (χ4n) is 2.34. The Morgan fingerprint density at radius 1 is 1.30 bits per heavy atom. The van der Waals surface area contributed by atoms with Gasteiger partial charge in [-0.05, 0) is 17.7 Å². The van der Waals surface area contributed by atoms with E-state index in [9.17, 15) is 4.79 Å². The van der Waals surface area contributed by atoms with Crippen molar-refractivity contribution in [3.8, 4) is 0 Å². The minimum absolute atomic E-state index is 0.0949. The van der Waals surface area contributed by atoms with E-state index in [-0.39, 0.29) is 5.91 Å². The summed E-state index contributed by atoms with van der Waals surface area (Å²) in [7, 11) is 0. The van der Waals surface area contributed by atoms with Gasteiger partial charge in [0, 0.05) is 13.1 Å². The number of ether oxygens (including phenoxy) is 1. The Kier molecular flexibility index (Phi) is 5.61. The van der Waals surface area contributed by atoms with Gasteiger partial charge in [0.05, 0.1) is 34.8 Å². The number of benzene rings is 1. The number of thioether (sulfide) groups is 1. The summed E-state index contributed by atoms with van der Waals surface area (Å²) in [6, 6.07) is 5.34. The van der Waals surface area contributed by atoms with Crippen molar-refractivity contribution in [2.45, 2.75) is 0 Å². The second-order valence-electron chi connectivity index (χ2n) is 5.12. The minimum Gasteiger partial charge on any atom is -0.379 e. The number of morpholine rings is 1. The smallest absolute Gasteiger partial charge is 0.267 e. The molecule has 3 rings (SSSR count). The van der Waals surface area contributed by atoms with Crippen molar-refractivity contribution < 1.29 is 9.53 Å². The van der Waals surface area contributed by atoms with E-state index in [1.807, 2.05) is 6.07 Å². The Morgan fingerprint density at radius 3 is 2.78 bits per heavy atom. The molecular weight excluding hydrogens is 375 g/mol. The molecule has 23 heavy (non-hydrogen) atoms. The maximum atomic E-state index is 12.6. The van der Waals surface area contributed by atoms with Crippen molar-refractivity contribution in [1.29, 1.82) is 0 Å². The summed E-state index contributed by atoms with van der Waals surface area (Å²) in [5.41, 5.74) is 0.714. The van der Waals surface area contributed by atoms with Gasteiger partial charge in [0.15, 0.2) is 0 Å². The molecule has 0 radical (unpaired) electrons. The van der Waals surface area contributed by atoms with Gasteiger partial charge >= 0.3 is 0 Å². The fraction of sp³-hybridized carbons (Fsp3) is 0.333. The fourth-order valence-corrected chi connectivity index (χ4v) is 3.93. The molecule has 122 valence electrons. The van der Waals surface area contributed by atoms with E-state index in [4.69, 9.17) is 40.2 Å². The Morgan fingerprint density at radius 2 is 2.04 bits per heavy atom. The Bertz CT molecular complexity index is 675. The summed E-state index contributed by atoms with van der Waals surface area (Å²) in [6.07, 6.45) is 1.74. The highest BCUT2D eigenvalue weighted by Crippen LogP contribution is 2.35. The SMILES string of the molecule is O=C1/C(=C\c2cccc(Cl)c2Cl)SC(=S)N1CN1CCOCC1. The lowest BCUT2D eigenvalue weighted by Gasteiger charge is -2.29. The molecule has 0 atom stereocenters. The number of hydrogen-bond acceptors (Lipinski definition) is 5. The van der Waals surface area contributed by atoms with E-state index in [0.717, 1.165) is 13.1 Å². The molecule has 1 aromatic rings. The molecule has 2 saturated heterocycles. The molecule has 8 heteroatoms. The van der Waals surface area contributed by atoms with E-state index in [1.54, 1.807) is 23.1 Å². The zero-order chi connectivity index (χ0) is 16.4. The predicted octanol–water partition coefficient (Wildman–Crippen LogP) is 3.48. The maximum absolute atomic E-state index is 12.6. The summed E-state index contributed by atoms with van der Waals surface area (Å²) in [5, 5.41) is 0.900. The molecule has 0 spiro atoms. The first-order valence-corrected chi connectivity index (χ1v) is 9.04. The van der Waals surface area contributed by atoms with Gasteiger partial charge in [-0.2, -0.15) is 0 Å². The van der Waals surface area contributed by atoms with Crippen molar-refractivity contribution in [3.05, 3.63) is 38.7 Å². The number of nitrogens with zero attached hydrogens (tertiary/aromatic N) is 2. The first-order valence-electron chi connectivity index (χ1n) is 7.06. The third kappa shape index (κ3) is 3.90. The summed E-state index contributed by atoms with van der Waals surface area (Å²) >= 11 is 18.8. The van der Waals surface area contributed by atoms with E-state index in [1.165, 1.54) is 11.8 Å². The van der Waals surface area contributed by atoms with Crippen molar-refractivity contribution in [3.63, 3.8) is 0 Å². The zero-order valence-corrected chi connectivity index (χ0v) is 15.3. The topological polar surface area (TPSA) is 32.8 Å². The standard InChI is InChI=1S/C15H14Cl2N2O2S2/c16-11-3-1-2-10(13(11)17)8-12-14(20)19(15(22)23-12)9-18-4-6-21-7-5-18/h1-3,8H,4-7,9H2/b12-8+. The van der Waals surface area contributed by atoms with E-state index >= 15 is 0 Å². The molecule has 0 unspecified atom stereocenters. The number of thiocarbonyl (C=S) groups is 1. The summed E-state index contributed by atoms with van der Waals surface area (Å²) in [6.45, 7) is 3.46. The zero-order valence-electron chi connectivity index (χ0n) is 12.1. The largest absolute Gasteiger partial charge is 0.379 e. The Labute approximate surface area is 154 Å². The molecule has 0 bridgehead atoms. The van der Waals surface area contributed by atoms with Gasteiger partial charge in [-0.15, -0.1) is 0 Å². The quantitative estimate of drug-likeness (QED) is 0.584. The highest BCUT2D eigenvalue weighted by atomic mass is 35.5. The molecule has 0 aliphatic carbocycles. The second-order valence-corrected chi connectivity index (χ2v) is 7.59. The maximum Gasteiger partial charge on any atom is 0.267 e. The number of carbonyl (C=O) groups is 1. The molecular formula is C15H14Cl2N2O2S2. The normalized spacial score (nSPS) is 21.5. The van der Waals surface area contributed by atoms with Gasteiger partial charge in [-0.25, -0.2) is 0 Å². The monoisotopic (exact) mass is 388 g/mol. The number of amides is 1. The number of hydrogen-bond donors (Lipinski definition) is 0. The summed E-state index contributed by atoms with van der Waals surface area (Å²) < 4.78 is 5.88. The van der Waals surface area contributed by atoms with Crippen LogP contribution in [0.2, 0.25) is 10.0 Å². The first-order chi connectivity index (χ1) is 11.1. The molecule has 1 amide bonds. The summed E-state index contributed by atoms with van der Waals surface area (Å²) in [4.78, 5) is 16.9. The Balaban J connectivity index is 1.77. The van der Waals surface area contributed by atoms with Crippen LogP contribution >= 0.6 is 47.2 Å². The van der Waals surface area contributed by atoms with Crippen LogP contribution in [0.5, 0.6) is 0 Å². The van der Waals surface area contributed by atoms with Gasteiger partial charge < -0.3 is 4.74 Å². The third-order valence-electron chi connectivity index (χ3n) is 3.59. The molecule has 0 saturated carbocycles. The average Bonchev–Trinajstić information content (AvgIpc) is 2.80. The molecule has 0 N–H and O–H groups in total. The van der Waals surface area contributed by atoms with Crippen LogP contribution in [0.25, 0.3) is 6.08 Å². The van der Waals surface area contributed by atoms with Gasteiger partial charge in [-0.1, -0.05) is 59.3 Å². The van der Waals surface area contributed by atoms with Crippen LogP contribution in [0.1, 0.15) is 5.56 Å². The number of rotatable bonds is 3. The van der Waals surface area contributed by atoms with E-state index < -0.39 is 0 Å². The van der Waals surface area contributed by atoms with Crippen molar-refractivity contribution in [2.75, 3.05) is 33.0 Å². The van der Waals surface area contributed by atoms with Crippen LogP contribution in [0.3, 0.4) is 0 Å². The highest BCUT2D eigenvalue weighted by Gasteiger charge is 2.33. The molecule has 0 aromatic heterocycles. The first kappa shape index (κ1) is 17.2. The number of carbonyl (C=O) groups excluding carboxylic acids is 1. The molecule has 2 aliphatic heterocycles. The van der Waals surface area contributed by atoms with Crippen molar-refractivity contribution in [2.24, 2.45) is 0 Å². The third-order valence-corrected chi connectivity index (χ3v) is 5.80. The van der Waals surface area contributed by atoms with Crippen LogP contribution < -0.4 is 0 Å². The van der Waals surface area contributed by atoms with Gasteiger partial charge in [0.25, 0.3) is 5.91 Å². The van der Waals surface area contributed by atoms with Crippen LogP contribution in [0.15, 0.2) is 23.1 Å². The second kappa shape index (κ2) is 7.51. The molecule has 2 heterocycles. The predicted molar refractivity (Wildman–Crippen MR) is 98.7 cm³/mol. The van der Waals surface area contributed by atoms with Crippen LogP contribution in [-0.4, -0.2) is 53.0 Å². The number of halogens is 2. The van der Waals surface area contributed by atoms with E-state index in [2.05, 4.69) is 4.90 Å². The van der Waals surface area contributed by atoms with Crippen LogP contribution in [0, 0.1) is 0 Å². The minimum atomic E-state index is -0.0949. The molecule has 2 aliphatic rings. The lowest BCUT2D eigenvalue weighted by Crippen LogP contribution is -2.45.